The molecule has 1 aliphatic heterocycles. The summed E-state index contributed by atoms with van der Waals surface area (Å²) in [6, 6.07) is 9.29. The van der Waals surface area contributed by atoms with Crippen LogP contribution in [0.25, 0.3) is 0 Å². The van der Waals surface area contributed by atoms with Crippen molar-refractivity contribution in [2.45, 2.75) is 65.6 Å². The van der Waals surface area contributed by atoms with Crippen molar-refractivity contribution in [1.29, 1.82) is 0 Å². The van der Waals surface area contributed by atoms with Crippen molar-refractivity contribution in [1.82, 2.24) is 15.5 Å². The van der Waals surface area contributed by atoms with Crippen molar-refractivity contribution in [2.75, 3.05) is 19.6 Å². The number of nitrogens with one attached hydrogen (secondary N) is 2. The highest BCUT2D eigenvalue weighted by atomic mass is 127. The Hall–Kier alpha value is -0.820. The molecule has 0 bridgehead atoms. The number of halogens is 1. The number of guanidine groups is 1. The molecule has 0 saturated carbocycles. The largest absolute Gasteiger partial charge is 0.357 e. The molecule has 5 heteroatoms. The van der Waals surface area contributed by atoms with Gasteiger partial charge in [-0.2, -0.15) is 0 Å². The molecule has 2 N–H and O–H groups in total. The van der Waals surface area contributed by atoms with Crippen molar-refractivity contribution in [3.63, 3.8) is 0 Å². The van der Waals surface area contributed by atoms with Gasteiger partial charge in [-0.25, -0.2) is 4.99 Å². The molecule has 0 spiro atoms. The summed E-state index contributed by atoms with van der Waals surface area (Å²) >= 11 is 0. The molecule has 142 valence electrons. The number of likely N-dealkylation sites (tertiary alicyclic amines) is 1. The van der Waals surface area contributed by atoms with E-state index >= 15 is 0 Å². The highest BCUT2D eigenvalue weighted by molar-refractivity contribution is 14.0. The summed E-state index contributed by atoms with van der Waals surface area (Å²) < 4.78 is 0. The molecule has 1 aromatic carbocycles. The number of benzene rings is 1. The molecule has 2 rings (SSSR count). The molecule has 1 aliphatic rings. The lowest BCUT2D eigenvalue weighted by Gasteiger charge is -2.20. The molecule has 0 amide bonds. The summed E-state index contributed by atoms with van der Waals surface area (Å²) in [5, 5.41) is 6.67. The molecule has 1 heterocycles. The van der Waals surface area contributed by atoms with Gasteiger partial charge in [0.05, 0.1) is 6.54 Å². The lowest BCUT2D eigenvalue weighted by molar-refractivity contribution is 0.277. The Labute approximate surface area is 170 Å². The van der Waals surface area contributed by atoms with Crippen molar-refractivity contribution >= 4 is 29.9 Å². The van der Waals surface area contributed by atoms with E-state index in [1.54, 1.807) is 0 Å². The van der Waals surface area contributed by atoms with Gasteiger partial charge in [0.1, 0.15) is 0 Å². The van der Waals surface area contributed by atoms with Gasteiger partial charge in [0.2, 0.25) is 0 Å². The fourth-order valence-electron chi connectivity index (χ4n) is 3.14. The minimum atomic E-state index is 0. The molecule has 1 aromatic rings. The van der Waals surface area contributed by atoms with Crippen molar-refractivity contribution in [2.24, 2.45) is 4.99 Å². The van der Waals surface area contributed by atoms with Crippen LogP contribution in [0.5, 0.6) is 0 Å². The maximum Gasteiger partial charge on any atom is 0.191 e. The smallest absolute Gasteiger partial charge is 0.191 e. The second-order valence-corrected chi connectivity index (χ2v) is 7.00. The van der Waals surface area contributed by atoms with Gasteiger partial charge in [0.25, 0.3) is 0 Å². The van der Waals surface area contributed by atoms with Gasteiger partial charge in [-0.05, 0) is 57.8 Å². The minimum absolute atomic E-state index is 0. The van der Waals surface area contributed by atoms with Crippen molar-refractivity contribution < 1.29 is 0 Å². The number of hydrogen-bond acceptors (Lipinski definition) is 2. The zero-order valence-electron chi connectivity index (χ0n) is 16.1. The summed E-state index contributed by atoms with van der Waals surface area (Å²) in [6.45, 7) is 11.5. The zero-order chi connectivity index (χ0) is 17.2. The second-order valence-electron chi connectivity index (χ2n) is 7.00. The van der Waals surface area contributed by atoms with Crippen molar-refractivity contribution in [3.05, 3.63) is 35.4 Å². The van der Waals surface area contributed by atoms with E-state index in [0.717, 1.165) is 25.6 Å². The van der Waals surface area contributed by atoms with E-state index in [0.29, 0.717) is 6.04 Å². The maximum atomic E-state index is 4.71. The first kappa shape index (κ1) is 22.2. The van der Waals surface area contributed by atoms with Crippen LogP contribution in [0.2, 0.25) is 0 Å². The summed E-state index contributed by atoms with van der Waals surface area (Å²) in [4.78, 5) is 7.30. The lowest BCUT2D eigenvalue weighted by Crippen LogP contribution is -2.41. The molecule has 1 fully saturated rings. The van der Waals surface area contributed by atoms with Gasteiger partial charge >= 0.3 is 0 Å². The van der Waals surface area contributed by atoms with Crippen LogP contribution in [0.1, 0.15) is 57.6 Å². The molecule has 0 radical (unpaired) electrons. The molecule has 25 heavy (non-hydrogen) atoms. The summed E-state index contributed by atoms with van der Waals surface area (Å²) in [5.41, 5.74) is 2.69. The second kappa shape index (κ2) is 12.5. The molecule has 0 aromatic heterocycles. The Balaban J connectivity index is 0.00000312. The van der Waals surface area contributed by atoms with E-state index < -0.39 is 0 Å². The Morgan fingerprint density at radius 3 is 2.44 bits per heavy atom. The topological polar surface area (TPSA) is 39.7 Å². The fraction of sp³-hybridized carbons (Fsp3) is 0.650. The first-order valence-corrected chi connectivity index (χ1v) is 9.52. The SMILES string of the molecule is CCNC(=NCc1cccc(CN2CCCCCC2)c1)NC(C)C.I. The average molecular weight is 458 g/mol. The normalized spacial score (nSPS) is 16.2. The Kier molecular flexibility index (Phi) is 11.1. The number of rotatable bonds is 6. The van der Waals surface area contributed by atoms with Crippen LogP contribution < -0.4 is 10.6 Å². The maximum absolute atomic E-state index is 4.71. The van der Waals surface area contributed by atoms with E-state index in [4.69, 9.17) is 4.99 Å². The van der Waals surface area contributed by atoms with Gasteiger partial charge < -0.3 is 10.6 Å². The van der Waals surface area contributed by atoms with Gasteiger partial charge in [-0.15, -0.1) is 24.0 Å². The molecule has 0 aliphatic carbocycles. The Morgan fingerprint density at radius 1 is 1.12 bits per heavy atom. The predicted molar refractivity (Wildman–Crippen MR) is 119 cm³/mol. The average Bonchev–Trinajstić information content (AvgIpc) is 2.81. The quantitative estimate of drug-likeness (QED) is 0.383. The van der Waals surface area contributed by atoms with Crippen LogP contribution in [0.3, 0.4) is 0 Å². The third-order valence-electron chi connectivity index (χ3n) is 4.29. The van der Waals surface area contributed by atoms with Crippen LogP contribution in [0.4, 0.5) is 0 Å². The molecule has 0 atom stereocenters. The predicted octanol–water partition coefficient (Wildman–Crippen LogP) is 4.14. The summed E-state index contributed by atoms with van der Waals surface area (Å²) in [6.07, 6.45) is 5.47. The van der Waals surface area contributed by atoms with Gasteiger partial charge in [0.15, 0.2) is 5.96 Å². The van der Waals surface area contributed by atoms with E-state index in [-0.39, 0.29) is 24.0 Å². The number of nitrogens with zero attached hydrogens (tertiary/aromatic N) is 2. The molecule has 4 nitrogen and oxygen atoms in total. The number of hydrogen-bond donors (Lipinski definition) is 2. The standard InChI is InChI=1S/C20H34N4.HI/c1-4-21-20(23-17(2)3)22-15-18-10-9-11-19(14-18)16-24-12-7-5-6-8-13-24;/h9-11,14,17H,4-8,12-13,15-16H2,1-3H3,(H2,21,22,23);1H. The lowest BCUT2D eigenvalue weighted by atomic mass is 10.1. The summed E-state index contributed by atoms with van der Waals surface area (Å²) in [7, 11) is 0. The van der Waals surface area contributed by atoms with Gasteiger partial charge in [0, 0.05) is 19.1 Å². The van der Waals surface area contributed by atoms with Crippen molar-refractivity contribution in [3.8, 4) is 0 Å². The van der Waals surface area contributed by atoms with E-state index in [2.05, 4.69) is 60.6 Å². The zero-order valence-corrected chi connectivity index (χ0v) is 18.4. The molecular formula is C20H35IN4. The molecule has 1 saturated heterocycles. The highest BCUT2D eigenvalue weighted by Crippen LogP contribution is 2.14. The monoisotopic (exact) mass is 458 g/mol. The van der Waals surface area contributed by atoms with Gasteiger partial charge in [-0.1, -0.05) is 37.1 Å². The Bertz CT molecular complexity index is 508. The fourth-order valence-corrected chi connectivity index (χ4v) is 3.14. The third kappa shape index (κ3) is 8.90. The molecule has 0 unspecified atom stereocenters. The molecular weight excluding hydrogens is 423 g/mol. The van der Waals surface area contributed by atoms with Crippen LogP contribution in [0.15, 0.2) is 29.3 Å². The first-order chi connectivity index (χ1) is 11.7. The van der Waals surface area contributed by atoms with Crippen LogP contribution in [-0.4, -0.2) is 36.5 Å². The van der Waals surface area contributed by atoms with E-state index in [1.807, 2.05) is 0 Å². The van der Waals surface area contributed by atoms with Gasteiger partial charge in [-0.3, -0.25) is 4.90 Å². The van der Waals surface area contributed by atoms with Crippen LogP contribution in [-0.2, 0) is 13.1 Å². The number of aliphatic imine (C=N–C) groups is 1. The van der Waals surface area contributed by atoms with E-state index in [9.17, 15) is 0 Å². The Morgan fingerprint density at radius 2 is 1.80 bits per heavy atom. The van der Waals surface area contributed by atoms with E-state index in [1.165, 1.54) is 49.9 Å². The van der Waals surface area contributed by atoms with Crippen LogP contribution in [0, 0.1) is 0 Å². The minimum Gasteiger partial charge on any atom is -0.357 e. The summed E-state index contributed by atoms with van der Waals surface area (Å²) in [5.74, 6) is 0.894. The first-order valence-electron chi connectivity index (χ1n) is 9.52. The third-order valence-corrected chi connectivity index (χ3v) is 4.29. The van der Waals surface area contributed by atoms with Crippen LogP contribution >= 0.6 is 24.0 Å². The highest BCUT2D eigenvalue weighted by Gasteiger charge is 2.09.